The topological polar surface area (TPSA) is 29.1 Å². The van der Waals surface area contributed by atoms with Gasteiger partial charge >= 0.3 is 0 Å². The van der Waals surface area contributed by atoms with Gasteiger partial charge in [0.05, 0.1) is 0 Å². The fourth-order valence-electron chi connectivity index (χ4n) is 2.84. The number of benzene rings is 2. The van der Waals surface area contributed by atoms with E-state index >= 15 is 0 Å². The molecule has 3 rings (SSSR count). The summed E-state index contributed by atoms with van der Waals surface area (Å²) in [5, 5.41) is 4.20. The third-order valence-corrected chi connectivity index (χ3v) is 4.70. The predicted octanol–water partition coefficient (Wildman–Crippen LogP) is 5.08. The lowest BCUT2D eigenvalue weighted by atomic mass is 9.83. The maximum atomic E-state index is 12.1. The lowest BCUT2D eigenvalue weighted by Crippen LogP contribution is -2.24. The van der Waals surface area contributed by atoms with E-state index in [-0.39, 0.29) is 11.8 Å². The summed E-state index contributed by atoms with van der Waals surface area (Å²) in [5.74, 6) is -0.00923. The van der Waals surface area contributed by atoms with Crippen molar-refractivity contribution in [3.63, 3.8) is 0 Å². The number of carbonyl (C=O) groups is 1. The van der Waals surface area contributed by atoms with Crippen molar-refractivity contribution in [2.75, 3.05) is 5.32 Å². The Bertz CT molecular complexity index is 740. The molecule has 21 heavy (non-hydrogen) atoms. The fraction of sp³-hybridized carbons (Fsp3) is 0.235. The number of nitrogens with one attached hydrogen (secondary N) is 1. The molecule has 0 radical (unpaired) electrons. The van der Waals surface area contributed by atoms with Crippen LogP contribution in [0.3, 0.4) is 0 Å². The Morgan fingerprint density at radius 1 is 1.10 bits per heavy atom. The summed E-state index contributed by atoms with van der Waals surface area (Å²) in [5.41, 5.74) is 5.25. The van der Waals surface area contributed by atoms with E-state index in [0.717, 1.165) is 27.9 Å². The highest BCUT2D eigenvalue weighted by Gasteiger charge is 2.29. The standard InChI is InChI=1S/C17H15Cl2NO/c1-9-3-5-13-14(8-16(21)20-17(13)10(9)2)12-6-4-11(18)7-15(12)19/h3-7,14H,8H2,1-2H3,(H,20,21). The largest absolute Gasteiger partial charge is 0.326 e. The van der Waals surface area contributed by atoms with Crippen molar-refractivity contribution in [2.45, 2.75) is 26.2 Å². The summed E-state index contributed by atoms with van der Waals surface area (Å²) < 4.78 is 0. The highest BCUT2D eigenvalue weighted by atomic mass is 35.5. The molecule has 1 unspecified atom stereocenters. The van der Waals surface area contributed by atoms with Crippen LogP contribution in [0.4, 0.5) is 5.69 Å². The Morgan fingerprint density at radius 3 is 2.52 bits per heavy atom. The van der Waals surface area contributed by atoms with Gasteiger partial charge in [-0.05, 0) is 48.2 Å². The zero-order valence-corrected chi connectivity index (χ0v) is 13.3. The van der Waals surface area contributed by atoms with Gasteiger partial charge in [-0.1, -0.05) is 41.4 Å². The summed E-state index contributed by atoms with van der Waals surface area (Å²) in [6, 6.07) is 9.61. The van der Waals surface area contributed by atoms with Crippen LogP contribution >= 0.6 is 23.2 Å². The SMILES string of the molecule is Cc1ccc2c(c1C)NC(=O)CC2c1ccc(Cl)cc1Cl. The molecule has 108 valence electrons. The summed E-state index contributed by atoms with van der Waals surface area (Å²) in [7, 11) is 0. The Hall–Kier alpha value is -1.51. The number of rotatable bonds is 1. The van der Waals surface area contributed by atoms with Crippen LogP contribution in [0.2, 0.25) is 10.0 Å². The molecule has 1 aliphatic rings. The normalized spacial score (nSPS) is 17.3. The lowest BCUT2D eigenvalue weighted by molar-refractivity contribution is -0.116. The van der Waals surface area contributed by atoms with E-state index < -0.39 is 0 Å². The van der Waals surface area contributed by atoms with Gasteiger partial charge in [-0.3, -0.25) is 4.79 Å². The number of halogens is 2. The molecule has 1 heterocycles. The first-order valence-corrected chi connectivity index (χ1v) is 7.58. The Kier molecular flexibility index (Phi) is 3.68. The number of anilines is 1. The van der Waals surface area contributed by atoms with Crippen LogP contribution in [0.15, 0.2) is 30.3 Å². The van der Waals surface area contributed by atoms with Crippen LogP contribution in [-0.2, 0) is 4.79 Å². The van der Waals surface area contributed by atoms with Gasteiger partial charge in [-0.15, -0.1) is 0 Å². The average Bonchev–Trinajstić information content (AvgIpc) is 2.43. The molecule has 0 fully saturated rings. The van der Waals surface area contributed by atoms with Crippen LogP contribution in [0.1, 0.15) is 34.6 Å². The minimum Gasteiger partial charge on any atom is -0.326 e. The second-order valence-corrected chi connectivity index (χ2v) is 6.29. The van der Waals surface area contributed by atoms with E-state index in [2.05, 4.69) is 17.4 Å². The van der Waals surface area contributed by atoms with Crippen LogP contribution in [0, 0.1) is 13.8 Å². The smallest absolute Gasteiger partial charge is 0.225 e. The van der Waals surface area contributed by atoms with Crippen molar-refractivity contribution in [3.05, 3.63) is 62.6 Å². The van der Waals surface area contributed by atoms with Crippen molar-refractivity contribution in [1.29, 1.82) is 0 Å². The first-order valence-electron chi connectivity index (χ1n) is 6.82. The molecule has 2 aromatic carbocycles. The van der Waals surface area contributed by atoms with Gasteiger partial charge in [0.25, 0.3) is 0 Å². The number of hydrogen-bond donors (Lipinski definition) is 1. The summed E-state index contributed by atoms with van der Waals surface area (Å²) >= 11 is 12.3. The van der Waals surface area contributed by atoms with Crippen molar-refractivity contribution >= 4 is 34.8 Å². The van der Waals surface area contributed by atoms with E-state index in [0.29, 0.717) is 16.5 Å². The van der Waals surface area contributed by atoms with E-state index in [1.54, 1.807) is 6.07 Å². The molecule has 2 aromatic rings. The number of aryl methyl sites for hydroxylation is 1. The van der Waals surface area contributed by atoms with E-state index in [4.69, 9.17) is 23.2 Å². The molecule has 0 aliphatic carbocycles. The number of hydrogen-bond acceptors (Lipinski definition) is 1. The molecular weight excluding hydrogens is 305 g/mol. The Morgan fingerprint density at radius 2 is 1.81 bits per heavy atom. The summed E-state index contributed by atoms with van der Waals surface area (Å²) in [6.07, 6.45) is 0.400. The maximum absolute atomic E-state index is 12.1. The second-order valence-electron chi connectivity index (χ2n) is 5.44. The number of fused-ring (bicyclic) bond motifs is 1. The van der Waals surface area contributed by atoms with E-state index in [1.165, 1.54) is 0 Å². The highest BCUT2D eigenvalue weighted by Crippen LogP contribution is 2.42. The molecule has 0 saturated carbocycles. The number of carbonyl (C=O) groups excluding carboxylic acids is 1. The van der Waals surface area contributed by atoms with Crippen molar-refractivity contribution in [2.24, 2.45) is 0 Å². The highest BCUT2D eigenvalue weighted by molar-refractivity contribution is 6.35. The monoisotopic (exact) mass is 319 g/mol. The van der Waals surface area contributed by atoms with Gasteiger partial charge in [0.2, 0.25) is 5.91 Å². The van der Waals surface area contributed by atoms with E-state index in [1.807, 2.05) is 26.0 Å². The first-order chi connectivity index (χ1) is 9.97. The Balaban J connectivity index is 2.18. The quantitative estimate of drug-likeness (QED) is 0.779. The van der Waals surface area contributed by atoms with Gasteiger partial charge in [0.15, 0.2) is 0 Å². The van der Waals surface area contributed by atoms with Crippen LogP contribution in [0.25, 0.3) is 0 Å². The molecule has 1 N–H and O–H groups in total. The molecule has 0 aromatic heterocycles. The van der Waals surface area contributed by atoms with Crippen LogP contribution < -0.4 is 5.32 Å². The van der Waals surface area contributed by atoms with Crippen molar-refractivity contribution in [1.82, 2.24) is 0 Å². The lowest BCUT2D eigenvalue weighted by Gasteiger charge is -2.28. The number of amides is 1. The van der Waals surface area contributed by atoms with Gasteiger partial charge < -0.3 is 5.32 Å². The second kappa shape index (κ2) is 5.36. The third-order valence-electron chi connectivity index (χ3n) is 4.14. The molecule has 1 atom stereocenters. The Labute approximate surface area is 134 Å². The molecule has 1 aliphatic heterocycles. The summed E-state index contributed by atoms with van der Waals surface area (Å²) in [6.45, 7) is 4.07. The molecule has 2 nitrogen and oxygen atoms in total. The minimum atomic E-state index is -0.0298. The predicted molar refractivity (Wildman–Crippen MR) is 87.5 cm³/mol. The fourth-order valence-corrected chi connectivity index (χ4v) is 3.38. The zero-order chi connectivity index (χ0) is 15.1. The van der Waals surface area contributed by atoms with Gasteiger partial charge in [-0.25, -0.2) is 0 Å². The van der Waals surface area contributed by atoms with Crippen molar-refractivity contribution < 1.29 is 4.79 Å². The van der Waals surface area contributed by atoms with Crippen LogP contribution in [-0.4, -0.2) is 5.91 Å². The zero-order valence-electron chi connectivity index (χ0n) is 11.8. The first kappa shape index (κ1) is 14.4. The van der Waals surface area contributed by atoms with Gasteiger partial charge in [0.1, 0.15) is 0 Å². The molecule has 1 amide bonds. The maximum Gasteiger partial charge on any atom is 0.225 e. The van der Waals surface area contributed by atoms with Crippen molar-refractivity contribution in [3.8, 4) is 0 Å². The van der Waals surface area contributed by atoms with Gasteiger partial charge in [0, 0.05) is 28.1 Å². The molecule has 0 saturated heterocycles. The molecular formula is C17H15Cl2NO. The molecule has 0 bridgehead atoms. The average molecular weight is 320 g/mol. The van der Waals surface area contributed by atoms with E-state index in [9.17, 15) is 4.79 Å². The molecule has 0 spiro atoms. The molecule has 4 heteroatoms. The minimum absolute atomic E-state index is 0.0206. The van der Waals surface area contributed by atoms with Crippen LogP contribution in [0.5, 0.6) is 0 Å². The third kappa shape index (κ3) is 2.54. The summed E-state index contributed by atoms with van der Waals surface area (Å²) in [4.78, 5) is 12.1. The van der Waals surface area contributed by atoms with Gasteiger partial charge in [-0.2, -0.15) is 0 Å².